The van der Waals surface area contributed by atoms with Crippen LogP contribution in [0.2, 0.25) is 0 Å². The van der Waals surface area contributed by atoms with Crippen molar-refractivity contribution in [3.8, 4) is 0 Å². The summed E-state index contributed by atoms with van der Waals surface area (Å²) in [5.74, 6) is -0.783. The number of alkyl halides is 3. The van der Waals surface area contributed by atoms with E-state index in [4.69, 9.17) is 5.73 Å². The number of halogens is 3. The summed E-state index contributed by atoms with van der Waals surface area (Å²) in [6, 6.07) is 0. The molecule has 0 aromatic carbocycles. The molecule has 0 unspecified atom stereocenters. The van der Waals surface area contributed by atoms with E-state index in [0.717, 1.165) is 0 Å². The van der Waals surface area contributed by atoms with Gasteiger partial charge in [-0.05, 0) is 26.7 Å². The number of hydrogen-bond donors (Lipinski definition) is 2. The van der Waals surface area contributed by atoms with Crippen LogP contribution in [0.25, 0.3) is 0 Å². The van der Waals surface area contributed by atoms with Gasteiger partial charge in [-0.25, -0.2) is 0 Å². The first kappa shape index (κ1) is 13.2. The molecule has 0 heterocycles. The molecule has 1 rings (SSSR count). The van der Waals surface area contributed by atoms with Gasteiger partial charge >= 0.3 is 6.18 Å². The fraction of sp³-hybridized carbons (Fsp3) is 0.778. The molecule has 1 fully saturated rings. The maximum absolute atomic E-state index is 12.6. The zero-order chi connectivity index (χ0) is 12.8. The fourth-order valence-corrected chi connectivity index (χ4v) is 1.18. The van der Waals surface area contributed by atoms with E-state index in [1.54, 1.807) is 0 Å². The third-order valence-corrected chi connectivity index (χ3v) is 3.34. The van der Waals surface area contributed by atoms with Gasteiger partial charge in [0, 0.05) is 0 Å². The average molecular weight is 254 g/mol. The van der Waals surface area contributed by atoms with Crippen molar-refractivity contribution in [3.63, 3.8) is 0 Å². The minimum atomic E-state index is -4.42. The molecule has 1 amide bonds. The predicted octanol–water partition coefficient (Wildman–Crippen LogP) is 1.51. The second-order valence-electron chi connectivity index (χ2n) is 4.52. The summed E-state index contributed by atoms with van der Waals surface area (Å²) in [4.78, 5) is 11.5. The highest BCUT2D eigenvalue weighted by Gasteiger charge is 2.65. The van der Waals surface area contributed by atoms with E-state index in [0.29, 0.717) is 0 Å². The van der Waals surface area contributed by atoms with Crippen LogP contribution in [-0.2, 0) is 4.79 Å². The fourth-order valence-electron chi connectivity index (χ4n) is 1.09. The van der Waals surface area contributed by atoms with E-state index >= 15 is 0 Å². The van der Waals surface area contributed by atoms with E-state index < -0.39 is 23.0 Å². The molecule has 1 aliphatic carbocycles. The SMILES string of the molecule is CC(C)(C(=O)NC1(C(F)(F)F)CC1)C(N)=S. The zero-order valence-electron chi connectivity index (χ0n) is 8.94. The van der Waals surface area contributed by atoms with E-state index in [-0.39, 0.29) is 17.8 Å². The van der Waals surface area contributed by atoms with Gasteiger partial charge in [-0.15, -0.1) is 0 Å². The van der Waals surface area contributed by atoms with Crippen LogP contribution in [0.4, 0.5) is 13.2 Å². The molecular weight excluding hydrogens is 241 g/mol. The van der Waals surface area contributed by atoms with Gasteiger partial charge in [0.05, 0.1) is 10.4 Å². The number of carbonyl (C=O) groups is 1. The van der Waals surface area contributed by atoms with Crippen molar-refractivity contribution in [2.24, 2.45) is 11.1 Å². The Morgan fingerprint density at radius 1 is 1.38 bits per heavy atom. The number of amides is 1. The molecule has 0 spiro atoms. The molecule has 0 atom stereocenters. The third kappa shape index (κ3) is 2.14. The molecule has 0 aliphatic heterocycles. The van der Waals surface area contributed by atoms with Crippen LogP contribution < -0.4 is 11.1 Å². The van der Waals surface area contributed by atoms with Crippen LogP contribution >= 0.6 is 12.2 Å². The van der Waals surface area contributed by atoms with Crippen LogP contribution in [0.5, 0.6) is 0 Å². The highest BCUT2D eigenvalue weighted by Crippen LogP contribution is 2.49. The van der Waals surface area contributed by atoms with Gasteiger partial charge in [-0.2, -0.15) is 13.2 Å². The van der Waals surface area contributed by atoms with Gasteiger partial charge in [-0.1, -0.05) is 12.2 Å². The average Bonchev–Trinajstić information content (AvgIpc) is 2.83. The smallest absolute Gasteiger partial charge is 0.392 e. The molecule has 0 radical (unpaired) electrons. The molecular formula is C9H13F3N2OS. The van der Waals surface area contributed by atoms with Crippen molar-refractivity contribution in [2.45, 2.75) is 38.4 Å². The van der Waals surface area contributed by atoms with Crippen molar-refractivity contribution in [1.29, 1.82) is 0 Å². The van der Waals surface area contributed by atoms with Crippen LogP contribution in [0.15, 0.2) is 0 Å². The van der Waals surface area contributed by atoms with Gasteiger partial charge in [-0.3, -0.25) is 4.79 Å². The molecule has 3 nitrogen and oxygen atoms in total. The van der Waals surface area contributed by atoms with Crippen molar-refractivity contribution in [1.82, 2.24) is 5.32 Å². The first-order valence-electron chi connectivity index (χ1n) is 4.72. The van der Waals surface area contributed by atoms with Crippen LogP contribution in [0, 0.1) is 5.41 Å². The summed E-state index contributed by atoms with van der Waals surface area (Å²) >= 11 is 4.65. The molecule has 7 heteroatoms. The van der Waals surface area contributed by atoms with Crippen LogP contribution in [-0.4, -0.2) is 22.6 Å². The molecule has 1 saturated carbocycles. The van der Waals surface area contributed by atoms with Gasteiger partial charge in [0.2, 0.25) is 5.91 Å². The summed E-state index contributed by atoms with van der Waals surface area (Å²) < 4.78 is 37.7. The lowest BCUT2D eigenvalue weighted by atomic mass is 9.92. The number of nitrogens with two attached hydrogens (primary N) is 1. The van der Waals surface area contributed by atoms with Crippen molar-refractivity contribution in [3.05, 3.63) is 0 Å². The molecule has 0 bridgehead atoms. The second-order valence-corrected chi connectivity index (χ2v) is 4.96. The number of hydrogen-bond acceptors (Lipinski definition) is 2. The lowest BCUT2D eigenvalue weighted by molar-refractivity contribution is -0.171. The van der Waals surface area contributed by atoms with Crippen LogP contribution in [0.3, 0.4) is 0 Å². The molecule has 0 saturated heterocycles. The molecule has 0 aromatic heterocycles. The summed E-state index contributed by atoms with van der Waals surface area (Å²) in [6.45, 7) is 2.80. The standard InChI is InChI=1S/C9H13F3N2OS/c1-7(2,5(13)16)6(15)14-8(3-4-8)9(10,11)12/h3-4H2,1-2H3,(H2,13,16)(H,14,15). The van der Waals surface area contributed by atoms with Crippen LogP contribution in [0.1, 0.15) is 26.7 Å². The lowest BCUT2D eigenvalue weighted by Gasteiger charge is -2.27. The van der Waals surface area contributed by atoms with Crippen molar-refractivity contribution < 1.29 is 18.0 Å². The topological polar surface area (TPSA) is 55.1 Å². The number of rotatable bonds is 3. The molecule has 3 N–H and O–H groups in total. The Morgan fingerprint density at radius 3 is 2.06 bits per heavy atom. The molecule has 16 heavy (non-hydrogen) atoms. The molecule has 92 valence electrons. The normalized spacial score (nSPS) is 19.1. The summed E-state index contributed by atoms with van der Waals surface area (Å²) in [7, 11) is 0. The van der Waals surface area contributed by atoms with Gasteiger partial charge in [0.15, 0.2) is 0 Å². The number of nitrogens with one attached hydrogen (secondary N) is 1. The highest BCUT2D eigenvalue weighted by atomic mass is 32.1. The maximum Gasteiger partial charge on any atom is 0.411 e. The Bertz CT molecular complexity index is 334. The second kappa shape index (κ2) is 3.58. The first-order valence-corrected chi connectivity index (χ1v) is 5.13. The third-order valence-electron chi connectivity index (χ3n) is 2.83. The van der Waals surface area contributed by atoms with Crippen molar-refractivity contribution in [2.75, 3.05) is 0 Å². The predicted molar refractivity (Wildman–Crippen MR) is 56.7 cm³/mol. The number of carbonyl (C=O) groups excluding carboxylic acids is 1. The molecule has 1 aliphatic rings. The largest absolute Gasteiger partial charge is 0.411 e. The van der Waals surface area contributed by atoms with E-state index in [2.05, 4.69) is 12.2 Å². The Hall–Kier alpha value is -0.850. The highest BCUT2D eigenvalue weighted by molar-refractivity contribution is 7.80. The van der Waals surface area contributed by atoms with Gasteiger partial charge in [0.25, 0.3) is 0 Å². The summed E-state index contributed by atoms with van der Waals surface area (Å²) in [5.41, 5.74) is 1.98. The number of thiocarbonyl (C=S) groups is 1. The Morgan fingerprint density at radius 2 is 1.81 bits per heavy atom. The Balaban J connectivity index is 2.77. The van der Waals surface area contributed by atoms with Gasteiger partial charge < -0.3 is 11.1 Å². The van der Waals surface area contributed by atoms with E-state index in [1.807, 2.05) is 5.32 Å². The van der Waals surface area contributed by atoms with Crippen molar-refractivity contribution >= 4 is 23.1 Å². The van der Waals surface area contributed by atoms with E-state index in [9.17, 15) is 18.0 Å². The first-order chi connectivity index (χ1) is 7.03. The Labute approximate surface area is 96.6 Å². The summed E-state index contributed by atoms with van der Waals surface area (Å²) in [6.07, 6.45) is -4.60. The minimum Gasteiger partial charge on any atom is -0.392 e. The maximum atomic E-state index is 12.6. The summed E-state index contributed by atoms with van der Waals surface area (Å²) in [5, 5.41) is 2.00. The lowest BCUT2D eigenvalue weighted by Crippen LogP contribution is -2.54. The van der Waals surface area contributed by atoms with Gasteiger partial charge in [0.1, 0.15) is 5.54 Å². The van der Waals surface area contributed by atoms with E-state index in [1.165, 1.54) is 13.8 Å². The zero-order valence-corrected chi connectivity index (χ0v) is 9.76. The quantitative estimate of drug-likeness (QED) is 0.751. The molecule has 0 aromatic rings. The minimum absolute atomic E-state index is 0.0876. The monoisotopic (exact) mass is 254 g/mol. The Kier molecular flexibility index (Phi) is 2.96.